The maximum atomic E-state index is 4.42. The zero-order valence-electron chi connectivity index (χ0n) is 12.2. The molecule has 1 atom stereocenters. The van der Waals surface area contributed by atoms with E-state index in [0.29, 0.717) is 6.04 Å². The minimum absolute atomic E-state index is 0.435. The van der Waals surface area contributed by atoms with Gasteiger partial charge in [0.25, 0.3) is 0 Å². The van der Waals surface area contributed by atoms with Gasteiger partial charge in [-0.1, -0.05) is 38.2 Å². The van der Waals surface area contributed by atoms with Crippen molar-refractivity contribution in [1.82, 2.24) is 15.3 Å². The second kappa shape index (κ2) is 6.31. The predicted octanol–water partition coefficient (Wildman–Crippen LogP) is 3.86. The Labute approximate surface area is 120 Å². The maximum Gasteiger partial charge on any atom is 0.0890 e. The van der Waals surface area contributed by atoms with E-state index in [4.69, 9.17) is 0 Å². The van der Waals surface area contributed by atoms with Crippen LogP contribution in [0.4, 0.5) is 0 Å². The molecule has 1 fully saturated rings. The first kappa shape index (κ1) is 13.5. The zero-order valence-corrected chi connectivity index (χ0v) is 12.2. The maximum absolute atomic E-state index is 4.42. The van der Waals surface area contributed by atoms with Crippen molar-refractivity contribution in [2.75, 3.05) is 7.05 Å². The van der Waals surface area contributed by atoms with E-state index in [1.807, 2.05) is 0 Å². The molecule has 1 aliphatic carbocycles. The van der Waals surface area contributed by atoms with Gasteiger partial charge in [-0.3, -0.25) is 9.97 Å². The summed E-state index contributed by atoms with van der Waals surface area (Å²) in [6.07, 6.45) is 11.8. The molecule has 0 bridgehead atoms. The van der Waals surface area contributed by atoms with E-state index >= 15 is 0 Å². The molecular formula is C17H23N3. The third-order valence-electron chi connectivity index (χ3n) is 4.54. The van der Waals surface area contributed by atoms with E-state index in [-0.39, 0.29) is 0 Å². The highest BCUT2D eigenvalue weighted by Gasteiger charge is 2.19. The van der Waals surface area contributed by atoms with Crippen molar-refractivity contribution in [3.8, 4) is 0 Å². The SMILES string of the molecule is CNC(CC1CCCCC1)c1ccc2nccnc2c1. The van der Waals surface area contributed by atoms with Gasteiger partial charge in [-0.15, -0.1) is 0 Å². The quantitative estimate of drug-likeness (QED) is 0.915. The molecule has 20 heavy (non-hydrogen) atoms. The van der Waals surface area contributed by atoms with Crippen LogP contribution in [0.15, 0.2) is 30.6 Å². The van der Waals surface area contributed by atoms with Crippen LogP contribution in [0, 0.1) is 5.92 Å². The van der Waals surface area contributed by atoms with Gasteiger partial charge in [0.05, 0.1) is 11.0 Å². The van der Waals surface area contributed by atoms with Crippen molar-refractivity contribution >= 4 is 11.0 Å². The molecule has 3 heteroatoms. The lowest BCUT2D eigenvalue weighted by Crippen LogP contribution is -2.21. The first-order valence-electron chi connectivity index (χ1n) is 7.75. The summed E-state index contributed by atoms with van der Waals surface area (Å²) in [4.78, 5) is 8.76. The van der Waals surface area contributed by atoms with Crippen molar-refractivity contribution in [2.24, 2.45) is 5.92 Å². The Kier molecular flexibility index (Phi) is 4.26. The first-order chi connectivity index (χ1) is 9.86. The van der Waals surface area contributed by atoms with Crippen LogP contribution in [0.25, 0.3) is 11.0 Å². The third kappa shape index (κ3) is 2.98. The molecule has 2 aromatic rings. The third-order valence-corrected chi connectivity index (χ3v) is 4.54. The Morgan fingerprint density at radius 3 is 2.60 bits per heavy atom. The summed E-state index contributed by atoms with van der Waals surface area (Å²) < 4.78 is 0. The van der Waals surface area contributed by atoms with Gasteiger partial charge in [-0.05, 0) is 37.1 Å². The van der Waals surface area contributed by atoms with Crippen molar-refractivity contribution < 1.29 is 0 Å². The molecule has 0 amide bonds. The number of aromatic nitrogens is 2. The molecule has 1 saturated carbocycles. The van der Waals surface area contributed by atoms with E-state index < -0.39 is 0 Å². The minimum Gasteiger partial charge on any atom is -0.313 e. The fourth-order valence-electron chi connectivity index (χ4n) is 3.37. The van der Waals surface area contributed by atoms with Crippen LogP contribution in [0.2, 0.25) is 0 Å². The molecule has 1 unspecified atom stereocenters. The number of rotatable bonds is 4. The van der Waals surface area contributed by atoms with E-state index in [2.05, 4.69) is 40.5 Å². The van der Waals surface area contributed by atoms with E-state index in [0.717, 1.165) is 17.0 Å². The van der Waals surface area contributed by atoms with Gasteiger partial charge in [-0.2, -0.15) is 0 Å². The molecule has 106 valence electrons. The molecule has 1 heterocycles. The van der Waals surface area contributed by atoms with Gasteiger partial charge < -0.3 is 5.32 Å². The molecule has 0 aliphatic heterocycles. The number of nitrogens with zero attached hydrogens (tertiary/aromatic N) is 2. The van der Waals surface area contributed by atoms with Gasteiger partial charge in [0.2, 0.25) is 0 Å². The largest absolute Gasteiger partial charge is 0.313 e. The van der Waals surface area contributed by atoms with Crippen LogP contribution < -0.4 is 5.32 Å². The Morgan fingerprint density at radius 1 is 1.10 bits per heavy atom. The summed E-state index contributed by atoms with van der Waals surface area (Å²) in [5.41, 5.74) is 3.31. The Balaban J connectivity index is 1.79. The lowest BCUT2D eigenvalue weighted by Gasteiger charge is -2.26. The minimum atomic E-state index is 0.435. The van der Waals surface area contributed by atoms with Crippen LogP contribution >= 0.6 is 0 Å². The smallest absolute Gasteiger partial charge is 0.0890 e. The number of fused-ring (bicyclic) bond motifs is 1. The lowest BCUT2D eigenvalue weighted by atomic mass is 9.83. The van der Waals surface area contributed by atoms with Gasteiger partial charge in [0.1, 0.15) is 0 Å². The summed E-state index contributed by atoms with van der Waals surface area (Å²) in [5, 5.41) is 3.48. The van der Waals surface area contributed by atoms with Gasteiger partial charge in [-0.25, -0.2) is 0 Å². The summed E-state index contributed by atoms with van der Waals surface area (Å²) in [6, 6.07) is 6.90. The van der Waals surface area contributed by atoms with Crippen LogP contribution in [-0.2, 0) is 0 Å². The molecular weight excluding hydrogens is 246 g/mol. The molecule has 3 rings (SSSR count). The van der Waals surface area contributed by atoms with E-state index in [1.165, 1.54) is 44.1 Å². The normalized spacial score (nSPS) is 18.2. The van der Waals surface area contributed by atoms with E-state index in [9.17, 15) is 0 Å². The Bertz CT molecular complexity index is 561. The van der Waals surface area contributed by atoms with Gasteiger partial charge in [0, 0.05) is 18.4 Å². The van der Waals surface area contributed by atoms with Crippen molar-refractivity contribution in [3.63, 3.8) is 0 Å². The number of hydrogen-bond donors (Lipinski definition) is 1. The molecule has 1 aromatic carbocycles. The van der Waals surface area contributed by atoms with Crippen LogP contribution in [0.1, 0.15) is 50.1 Å². The second-order valence-corrected chi connectivity index (χ2v) is 5.89. The molecule has 1 aromatic heterocycles. The number of hydrogen-bond acceptors (Lipinski definition) is 3. The standard InChI is InChI=1S/C17H23N3/c1-18-16(11-13-5-3-2-4-6-13)14-7-8-15-17(12-14)20-10-9-19-15/h7-10,12-13,16,18H,2-6,11H2,1H3. The average molecular weight is 269 g/mol. The fourth-order valence-corrected chi connectivity index (χ4v) is 3.37. The summed E-state index contributed by atoms with van der Waals surface area (Å²) in [7, 11) is 2.06. The summed E-state index contributed by atoms with van der Waals surface area (Å²) >= 11 is 0. The molecule has 1 N–H and O–H groups in total. The summed E-state index contributed by atoms with van der Waals surface area (Å²) in [6.45, 7) is 0. The van der Waals surface area contributed by atoms with Crippen LogP contribution in [0.5, 0.6) is 0 Å². The molecule has 1 aliphatic rings. The highest BCUT2D eigenvalue weighted by atomic mass is 14.9. The lowest BCUT2D eigenvalue weighted by molar-refractivity contribution is 0.306. The van der Waals surface area contributed by atoms with Crippen molar-refractivity contribution in [3.05, 3.63) is 36.2 Å². The molecule has 0 spiro atoms. The highest BCUT2D eigenvalue weighted by molar-refractivity contribution is 5.74. The fraction of sp³-hybridized carbons (Fsp3) is 0.529. The van der Waals surface area contributed by atoms with Crippen LogP contribution in [-0.4, -0.2) is 17.0 Å². The van der Waals surface area contributed by atoms with Crippen molar-refractivity contribution in [2.45, 2.75) is 44.6 Å². The van der Waals surface area contributed by atoms with Gasteiger partial charge >= 0.3 is 0 Å². The number of nitrogens with one attached hydrogen (secondary N) is 1. The predicted molar refractivity (Wildman–Crippen MR) is 82.5 cm³/mol. The zero-order chi connectivity index (χ0) is 13.8. The highest BCUT2D eigenvalue weighted by Crippen LogP contribution is 2.32. The van der Waals surface area contributed by atoms with Crippen molar-refractivity contribution in [1.29, 1.82) is 0 Å². The monoisotopic (exact) mass is 269 g/mol. The topological polar surface area (TPSA) is 37.8 Å². The summed E-state index contributed by atoms with van der Waals surface area (Å²) in [5.74, 6) is 0.874. The Morgan fingerprint density at radius 2 is 1.85 bits per heavy atom. The van der Waals surface area contributed by atoms with Crippen LogP contribution in [0.3, 0.4) is 0 Å². The molecule has 0 radical (unpaired) electrons. The average Bonchev–Trinajstić information content (AvgIpc) is 2.53. The second-order valence-electron chi connectivity index (χ2n) is 5.89. The molecule has 0 saturated heterocycles. The Hall–Kier alpha value is -1.48. The first-order valence-corrected chi connectivity index (χ1v) is 7.75. The number of benzene rings is 1. The molecule has 3 nitrogen and oxygen atoms in total. The van der Waals surface area contributed by atoms with E-state index in [1.54, 1.807) is 12.4 Å². The van der Waals surface area contributed by atoms with Gasteiger partial charge in [0.15, 0.2) is 0 Å².